The molecule has 1 aromatic carbocycles. The van der Waals surface area contributed by atoms with Crippen molar-refractivity contribution in [3.05, 3.63) is 40.9 Å². The van der Waals surface area contributed by atoms with Gasteiger partial charge in [0.1, 0.15) is 5.52 Å². The quantitative estimate of drug-likeness (QED) is 0.698. The van der Waals surface area contributed by atoms with Gasteiger partial charge in [0, 0.05) is 42.2 Å². The lowest BCUT2D eigenvalue weighted by atomic mass is 10.0. The minimum atomic E-state index is -3.54. The van der Waals surface area contributed by atoms with Gasteiger partial charge in [-0.05, 0) is 24.6 Å². The van der Waals surface area contributed by atoms with Crippen LogP contribution >= 0.6 is 0 Å². The summed E-state index contributed by atoms with van der Waals surface area (Å²) in [5.41, 5.74) is 1.63. The number of amides is 1. The van der Waals surface area contributed by atoms with Crippen LogP contribution in [-0.2, 0) is 21.7 Å². The summed E-state index contributed by atoms with van der Waals surface area (Å²) in [5.74, 6) is 0.0684. The number of carbonyl (C=O) groups is 1. The largest absolute Gasteiger partial charge is 0.478 e. The average molecular weight is 401 g/mol. The molecule has 4 rings (SSSR count). The molecule has 0 saturated carbocycles. The van der Waals surface area contributed by atoms with Gasteiger partial charge in [0.15, 0.2) is 21.7 Å². The van der Waals surface area contributed by atoms with Gasteiger partial charge >= 0.3 is 0 Å². The van der Waals surface area contributed by atoms with Crippen molar-refractivity contribution >= 4 is 32.3 Å². The maximum absolute atomic E-state index is 12.4. The van der Waals surface area contributed by atoms with Crippen molar-refractivity contribution in [2.45, 2.75) is 24.3 Å². The van der Waals surface area contributed by atoms with E-state index in [4.69, 9.17) is 4.74 Å². The van der Waals surface area contributed by atoms with Gasteiger partial charge in [0.25, 0.3) is 11.5 Å². The standard InChI is InChI=1S/C19H19N3O5S/c1-4-15-18(23)21-14-8-10(28(3,25)26)7-12(17(14)27-15)13-9-22(2)19(24)16-11(13)5-6-20-16/h5-9,15,20H,4H2,1-3H3,(H,21,23). The maximum Gasteiger partial charge on any atom is 0.274 e. The zero-order valence-electron chi connectivity index (χ0n) is 15.6. The van der Waals surface area contributed by atoms with Gasteiger partial charge in [-0.15, -0.1) is 0 Å². The molecule has 1 unspecified atom stereocenters. The van der Waals surface area contributed by atoms with E-state index < -0.39 is 15.9 Å². The molecule has 28 heavy (non-hydrogen) atoms. The fourth-order valence-electron chi connectivity index (χ4n) is 3.40. The number of sulfone groups is 1. The number of aryl methyl sites for hydroxylation is 1. The van der Waals surface area contributed by atoms with E-state index in [0.717, 1.165) is 6.26 Å². The predicted octanol–water partition coefficient (Wildman–Crippen LogP) is 2.05. The van der Waals surface area contributed by atoms with E-state index in [1.807, 2.05) is 6.92 Å². The molecule has 2 aromatic heterocycles. The monoisotopic (exact) mass is 401 g/mol. The molecular weight excluding hydrogens is 382 g/mol. The van der Waals surface area contributed by atoms with Crippen molar-refractivity contribution in [3.8, 4) is 16.9 Å². The van der Waals surface area contributed by atoms with Crippen LogP contribution in [0.1, 0.15) is 13.3 Å². The lowest BCUT2D eigenvalue weighted by Gasteiger charge is -2.28. The molecule has 9 heteroatoms. The second-order valence-electron chi connectivity index (χ2n) is 6.85. The number of rotatable bonds is 3. The van der Waals surface area contributed by atoms with E-state index in [1.165, 1.54) is 16.7 Å². The lowest BCUT2D eigenvalue weighted by Crippen LogP contribution is -2.36. The van der Waals surface area contributed by atoms with Crippen LogP contribution in [0.15, 0.2) is 40.3 Å². The van der Waals surface area contributed by atoms with Gasteiger partial charge < -0.3 is 19.6 Å². The number of carbonyl (C=O) groups excluding carboxylic acids is 1. The number of hydrogen-bond donors (Lipinski definition) is 2. The van der Waals surface area contributed by atoms with E-state index in [9.17, 15) is 18.0 Å². The van der Waals surface area contributed by atoms with Gasteiger partial charge in [-0.1, -0.05) is 6.92 Å². The van der Waals surface area contributed by atoms with E-state index in [1.54, 1.807) is 25.5 Å². The summed E-state index contributed by atoms with van der Waals surface area (Å²) in [6, 6.07) is 4.67. The first-order valence-corrected chi connectivity index (χ1v) is 10.6. The van der Waals surface area contributed by atoms with Gasteiger partial charge in [0.05, 0.1) is 10.6 Å². The van der Waals surface area contributed by atoms with Crippen LogP contribution in [0.2, 0.25) is 0 Å². The van der Waals surface area contributed by atoms with Crippen molar-refractivity contribution in [3.63, 3.8) is 0 Å². The third kappa shape index (κ3) is 2.78. The van der Waals surface area contributed by atoms with Crippen LogP contribution in [0, 0.1) is 0 Å². The topological polar surface area (TPSA) is 110 Å². The Morgan fingerprint density at radius 2 is 1.96 bits per heavy atom. The lowest BCUT2D eigenvalue weighted by molar-refractivity contribution is -0.123. The number of H-pyrrole nitrogens is 1. The zero-order valence-corrected chi connectivity index (χ0v) is 16.4. The van der Waals surface area contributed by atoms with Crippen LogP contribution < -0.4 is 15.6 Å². The fourth-order valence-corrected chi connectivity index (χ4v) is 4.06. The Morgan fingerprint density at radius 3 is 2.64 bits per heavy atom. The smallest absolute Gasteiger partial charge is 0.274 e. The van der Waals surface area contributed by atoms with Gasteiger partial charge in [-0.3, -0.25) is 9.59 Å². The van der Waals surface area contributed by atoms with Crippen LogP contribution in [0.3, 0.4) is 0 Å². The summed E-state index contributed by atoms with van der Waals surface area (Å²) in [7, 11) is -1.92. The number of nitrogens with zero attached hydrogens (tertiary/aromatic N) is 1. The number of benzene rings is 1. The number of nitrogens with one attached hydrogen (secondary N) is 2. The Bertz CT molecular complexity index is 1290. The molecule has 0 saturated heterocycles. The van der Waals surface area contributed by atoms with E-state index in [2.05, 4.69) is 10.3 Å². The normalized spacial score (nSPS) is 16.5. The molecule has 0 radical (unpaired) electrons. The molecule has 2 N–H and O–H groups in total. The summed E-state index contributed by atoms with van der Waals surface area (Å²) in [6.07, 6.45) is 4.18. The highest BCUT2D eigenvalue weighted by molar-refractivity contribution is 7.90. The maximum atomic E-state index is 12.4. The molecule has 0 aliphatic carbocycles. The zero-order chi connectivity index (χ0) is 20.2. The third-order valence-electron chi connectivity index (χ3n) is 4.86. The van der Waals surface area contributed by atoms with Crippen molar-refractivity contribution in [2.24, 2.45) is 7.05 Å². The fraction of sp³-hybridized carbons (Fsp3) is 0.263. The second kappa shape index (κ2) is 6.23. The first-order valence-electron chi connectivity index (χ1n) is 8.73. The second-order valence-corrected chi connectivity index (χ2v) is 8.86. The molecule has 1 aliphatic heterocycles. The molecule has 1 atom stereocenters. The van der Waals surface area contributed by atoms with Crippen molar-refractivity contribution in [1.82, 2.24) is 9.55 Å². The average Bonchev–Trinajstić information content (AvgIpc) is 3.12. The van der Waals surface area contributed by atoms with Gasteiger partial charge in [0.2, 0.25) is 0 Å². The summed E-state index contributed by atoms with van der Waals surface area (Å²) in [5, 5.41) is 3.39. The Kier molecular flexibility index (Phi) is 4.07. The molecule has 146 valence electrons. The molecule has 3 heterocycles. The highest BCUT2D eigenvalue weighted by atomic mass is 32.2. The summed E-state index contributed by atoms with van der Waals surface area (Å²) >= 11 is 0. The van der Waals surface area contributed by atoms with E-state index >= 15 is 0 Å². The summed E-state index contributed by atoms with van der Waals surface area (Å²) < 4.78 is 31.8. The van der Waals surface area contributed by atoms with Crippen molar-refractivity contribution in [2.75, 3.05) is 11.6 Å². The molecule has 0 bridgehead atoms. The van der Waals surface area contributed by atoms with E-state index in [-0.39, 0.29) is 16.4 Å². The summed E-state index contributed by atoms with van der Waals surface area (Å²) in [6.45, 7) is 1.83. The SMILES string of the molecule is CCC1Oc2c(cc(S(C)(=O)=O)cc2-c2cn(C)c(=O)c3[nH]ccc23)NC1=O. The molecule has 0 fully saturated rings. The Hall–Kier alpha value is -3.07. The Morgan fingerprint density at radius 1 is 1.21 bits per heavy atom. The number of aromatic amines is 1. The van der Waals surface area contributed by atoms with Crippen molar-refractivity contribution < 1.29 is 17.9 Å². The molecular formula is C19H19N3O5S. The van der Waals surface area contributed by atoms with Gasteiger partial charge in [-0.2, -0.15) is 0 Å². The van der Waals surface area contributed by atoms with E-state index in [0.29, 0.717) is 39.9 Å². The predicted molar refractivity (Wildman–Crippen MR) is 105 cm³/mol. The first kappa shape index (κ1) is 18.3. The van der Waals surface area contributed by atoms with Crippen LogP contribution in [0.5, 0.6) is 5.75 Å². The number of anilines is 1. The molecule has 0 spiro atoms. The minimum Gasteiger partial charge on any atom is -0.478 e. The van der Waals surface area contributed by atoms with Crippen LogP contribution in [0.4, 0.5) is 5.69 Å². The number of ether oxygens (including phenoxy) is 1. The number of pyridine rings is 1. The number of aromatic nitrogens is 2. The Balaban J connectivity index is 2.09. The number of fused-ring (bicyclic) bond motifs is 2. The number of hydrogen-bond acceptors (Lipinski definition) is 5. The third-order valence-corrected chi connectivity index (χ3v) is 5.95. The minimum absolute atomic E-state index is 0.0534. The highest BCUT2D eigenvalue weighted by Gasteiger charge is 2.30. The molecule has 1 aliphatic rings. The molecule has 1 amide bonds. The Labute approximate surface area is 161 Å². The van der Waals surface area contributed by atoms with Crippen LogP contribution in [-0.4, -0.2) is 36.2 Å². The van der Waals surface area contributed by atoms with Gasteiger partial charge in [-0.25, -0.2) is 8.42 Å². The van der Waals surface area contributed by atoms with Crippen molar-refractivity contribution in [1.29, 1.82) is 0 Å². The molecule has 8 nitrogen and oxygen atoms in total. The molecule has 3 aromatic rings. The van der Waals surface area contributed by atoms with Crippen LogP contribution in [0.25, 0.3) is 22.0 Å². The first-order chi connectivity index (χ1) is 13.2. The summed E-state index contributed by atoms with van der Waals surface area (Å²) in [4.78, 5) is 27.6. The highest BCUT2D eigenvalue weighted by Crippen LogP contribution is 2.43.